The molecular formula is C64H71ClF4N6O10. The number of hydrogen-bond donors (Lipinski definition) is 0. The Morgan fingerprint density at radius 3 is 1.22 bits per heavy atom. The Kier molecular flexibility index (Phi) is 20.6. The van der Waals surface area contributed by atoms with Crippen LogP contribution >= 0.6 is 12.4 Å². The first-order chi connectivity index (χ1) is 39.1. The number of fused-ring (bicyclic) bond motifs is 4. The Labute approximate surface area is 497 Å². The molecule has 0 radical (unpaired) electrons. The number of benzene rings is 4. The van der Waals surface area contributed by atoms with Gasteiger partial charge in [-0.25, -0.2) is 17.6 Å². The van der Waals surface area contributed by atoms with Crippen LogP contribution in [-0.4, -0.2) is 118 Å². The second-order valence-corrected chi connectivity index (χ2v) is 21.5. The van der Waals surface area contributed by atoms with Crippen LogP contribution in [0.1, 0.15) is 118 Å². The molecule has 16 nitrogen and oxygen atoms in total. The van der Waals surface area contributed by atoms with Crippen molar-refractivity contribution in [2.45, 2.75) is 91.5 Å². The van der Waals surface area contributed by atoms with Gasteiger partial charge in [0.2, 0.25) is 22.7 Å². The topological polar surface area (TPSA) is 178 Å². The Morgan fingerprint density at radius 1 is 0.553 bits per heavy atom. The number of Topliss-reactive ketones (excluding diaryl/α,β-unsaturated/α-hetero) is 2. The summed E-state index contributed by atoms with van der Waals surface area (Å²) in [6, 6.07) is 24.4. The van der Waals surface area contributed by atoms with Crippen molar-refractivity contribution >= 4 is 47.6 Å². The van der Waals surface area contributed by atoms with Gasteiger partial charge in [-0.1, -0.05) is 87.6 Å². The molecule has 2 saturated carbocycles. The Hall–Kier alpha value is -8.39. The lowest BCUT2D eigenvalue weighted by Crippen LogP contribution is -2.50. The molecule has 0 N–H and O–H groups in total. The number of ether oxygens (including phenoxy) is 2. The van der Waals surface area contributed by atoms with Crippen molar-refractivity contribution in [2.75, 3.05) is 54.4 Å². The molecule has 6 aromatic rings. The van der Waals surface area contributed by atoms with Gasteiger partial charge in [0.15, 0.2) is 34.5 Å². The van der Waals surface area contributed by atoms with Gasteiger partial charge >= 0.3 is 0 Å². The van der Waals surface area contributed by atoms with Gasteiger partial charge < -0.3 is 38.2 Å². The second-order valence-electron chi connectivity index (χ2n) is 21.5. The molecule has 0 unspecified atom stereocenters. The molecule has 2 fully saturated rings. The number of pyridine rings is 2. The number of aryl methyl sites for hydroxylation is 2. The standard InChI is InChI=1S/2C31H31F2N3O5.2CH4.ClH/c2*1-4-35-18-31(15-23(31)29(39)34(2)3)36-16-22(25(37)13-11-20-10-12-21(32)14-24(20)33)27(38)28(26(36)30(35)40)41-17-19-8-6-5-7-9-19;;;/h2*5-10,12,14,16,23H,4,11,13,15,17-18H2,1-3H3;2*1H4;1H/t2*23-,31-;;;/m11.../s1. The van der Waals surface area contributed by atoms with Crippen LogP contribution < -0.4 is 20.3 Å². The molecule has 0 saturated heterocycles. The molecular weight excluding hydrogens is 1120 g/mol. The highest BCUT2D eigenvalue weighted by molar-refractivity contribution is 6.02. The van der Waals surface area contributed by atoms with E-state index >= 15 is 0 Å². The highest BCUT2D eigenvalue weighted by Gasteiger charge is 2.65. The SMILES string of the molecule is C.C.CCN1C[C@@]2(C[C@@H]2C(=O)N(C)C)n2cc(C(=O)CCc3ccc(F)cc3F)c(=O)c(OCc3ccccc3)c2C1=O.CCN1C[C@@]2(C[C@@H]2C(=O)N(C)C)n2cc(C(=O)CCc3ccc(F)cc3F)c(=O)c(OCc3ccccc3)c2C1=O.Cl. The maximum atomic E-state index is 14.2. The van der Waals surface area contributed by atoms with Gasteiger partial charge in [0, 0.05) is 91.7 Å². The van der Waals surface area contributed by atoms with Gasteiger partial charge in [0.25, 0.3) is 11.8 Å². The third-order valence-electron chi connectivity index (χ3n) is 15.9. The molecule has 4 amide bonds. The number of carbonyl (C=O) groups is 6. The van der Waals surface area contributed by atoms with E-state index in [0.717, 1.165) is 35.4 Å². The number of aromatic nitrogens is 2. The number of likely N-dealkylation sites (N-methyl/N-ethyl adjacent to an activating group) is 2. The van der Waals surface area contributed by atoms with Gasteiger partial charge in [-0.2, -0.15) is 0 Å². The number of halogens is 5. The van der Waals surface area contributed by atoms with Crippen LogP contribution in [0.2, 0.25) is 0 Å². The lowest BCUT2D eigenvalue weighted by molar-refractivity contribution is -0.131. The van der Waals surface area contributed by atoms with Crippen molar-refractivity contribution in [1.82, 2.24) is 28.7 Å². The van der Waals surface area contributed by atoms with E-state index < -0.39 is 80.4 Å². The predicted octanol–water partition coefficient (Wildman–Crippen LogP) is 9.29. The lowest BCUT2D eigenvalue weighted by Gasteiger charge is -2.37. The molecule has 0 bridgehead atoms. The zero-order valence-electron chi connectivity index (χ0n) is 46.7. The summed E-state index contributed by atoms with van der Waals surface area (Å²) < 4.78 is 70.3. The number of nitrogens with zero attached hydrogens (tertiary/aromatic N) is 6. The minimum absolute atomic E-state index is 0. The van der Waals surface area contributed by atoms with E-state index in [0.29, 0.717) is 25.9 Å². The summed E-state index contributed by atoms with van der Waals surface area (Å²) >= 11 is 0. The van der Waals surface area contributed by atoms with E-state index in [1.807, 2.05) is 74.5 Å². The summed E-state index contributed by atoms with van der Waals surface area (Å²) in [5.74, 6) is -6.67. The largest absolute Gasteiger partial charge is 0.483 e. The number of amides is 4. The van der Waals surface area contributed by atoms with E-state index in [1.54, 1.807) is 47.1 Å². The summed E-state index contributed by atoms with van der Waals surface area (Å²) in [5, 5.41) is 0. The number of rotatable bonds is 18. The molecule has 2 aliphatic heterocycles. The maximum Gasteiger partial charge on any atom is 0.274 e. The average molecular weight is 1200 g/mol. The van der Waals surface area contributed by atoms with Crippen molar-refractivity contribution in [3.8, 4) is 11.5 Å². The van der Waals surface area contributed by atoms with E-state index in [-0.39, 0.29) is 136 Å². The van der Waals surface area contributed by atoms with Crippen molar-refractivity contribution in [2.24, 2.45) is 11.8 Å². The average Bonchev–Trinajstić information content (AvgIpc) is 1.66. The normalized spacial score (nSPS) is 18.5. The minimum atomic E-state index is -0.836. The zero-order chi connectivity index (χ0) is 58.9. The fourth-order valence-corrected chi connectivity index (χ4v) is 11.1. The molecule has 4 atom stereocenters. The minimum Gasteiger partial charge on any atom is -0.483 e. The highest BCUT2D eigenvalue weighted by Crippen LogP contribution is 2.56. The molecule has 2 aromatic heterocycles. The van der Waals surface area contributed by atoms with Gasteiger partial charge in [-0.05, 0) is 73.9 Å². The molecule has 4 heterocycles. The number of hydrogen-bond acceptors (Lipinski definition) is 10. The third kappa shape index (κ3) is 13.0. The van der Waals surface area contributed by atoms with Gasteiger partial charge in [-0.15, -0.1) is 12.4 Å². The number of ketones is 2. The monoisotopic (exact) mass is 1190 g/mol. The summed E-state index contributed by atoms with van der Waals surface area (Å²) in [4.78, 5) is 114. The van der Waals surface area contributed by atoms with Crippen molar-refractivity contribution < 1.29 is 55.8 Å². The second kappa shape index (κ2) is 26.7. The third-order valence-corrected chi connectivity index (χ3v) is 15.9. The molecule has 85 heavy (non-hydrogen) atoms. The van der Waals surface area contributed by atoms with Crippen molar-refractivity contribution in [1.29, 1.82) is 0 Å². The van der Waals surface area contributed by atoms with Crippen LogP contribution in [0.25, 0.3) is 0 Å². The van der Waals surface area contributed by atoms with Crippen LogP contribution in [0.4, 0.5) is 17.6 Å². The highest BCUT2D eigenvalue weighted by atomic mass is 35.5. The smallest absolute Gasteiger partial charge is 0.274 e. The fraction of sp³-hybridized carbons (Fsp3) is 0.375. The van der Waals surface area contributed by atoms with Crippen LogP contribution in [0.15, 0.2) is 119 Å². The molecule has 2 aliphatic carbocycles. The summed E-state index contributed by atoms with van der Waals surface area (Å²) in [6.45, 7) is 4.81. The first kappa shape index (κ1) is 65.8. The lowest BCUT2D eigenvalue weighted by atomic mass is 9.99. The molecule has 10 rings (SSSR count). The predicted molar refractivity (Wildman–Crippen MR) is 314 cm³/mol. The van der Waals surface area contributed by atoms with Crippen LogP contribution in [0.3, 0.4) is 0 Å². The summed E-state index contributed by atoms with van der Waals surface area (Å²) in [7, 11) is 6.63. The quantitative estimate of drug-likeness (QED) is 0.0595. The van der Waals surface area contributed by atoms with Crippen LogP contribution in [0, 0.1) is 35.1 Å². The Balaban J connectivity index is 0.000000263. The van der Waals surface area contributed by atoms with Gasteiger partial charge in [0.1, 0.15) is 36.5 Å². The number of carbonyl (C=O) groups excluding carboxylic acids is 6. The molecule has 2 spiro atoms. The van der Waals surface area contributed by atoms with E-state index in [1.165, 1.54) is 34.3 Å². The fourth-order valence-electron chi connectivity index (χ4n) is 11.1. The first-order valence-corrected chi connectivity index (χ1v) is 27.0. The van der Waals surface area contributed by atoms with E-state index in [2.05, 4.69) is 0 Å². The summed E-state index contributed by atoms with van der Waals surface area (Å²) in [6.07, 6.45) is 3.03. The van der Waals surface area contributed by atoms with Crippen LogP contribution in [-0.2, 0) is 46.7 Å². The Morgan fingerprint density at radius 2 is 0.906 bits per heavy atom. The van der Waals surface area contributed by atoms with Gasteiger partial charge in [0.05, 0.1) is 34.0 Å². The van der Waals surface area contributed by atoms with E-state index in [9.17, 15) is 55.9 Å². The summed E-state index contributed by atoms with van der Waals surface area (Å²) in [5.41, 5.74) is -1.76. The van der Waals surface area contributed by atoms with Gasteiger partial charge in [-0.3, -0.25) is 38.4 Å². The molecule has 21 heteroatoms. The molecule has 452 valence electrons. The van der Waals surface area contributed by atoms with Crippen LogP contribution in [0.5, 0.6) is 11.5 Å². The zero-order valence-corrected chi connectivity index (χ0v) is 47.5. The van der Waals surface area contributed by atoms with E-state index in [4.69, 9.17) is 9.47 Å². The van der Waals surface area contributed by atoms with Crippen molar-refractivity contribution in [3.63, 3.8) is 0 Å². The molecule has 4 aliphatic rings. The first-order valence-electron chi connectivity index (χ1n) is 27.0. The molecule has 4 aromatic carbocycles. The van der Waals surface area contributed by atoms with Crippen molar-refractivity contribution in [3.05, 3.63) is 198 Å². The maximum absolute atomic E-state index is 14.2. The Bertz CT molecular complexity index is 3420.